The molecule has 0 saturated heterocycles. The molecule has 1 aromatic carbocycles. The van der Waals surface area contributed by atoms with Crippen molar-refractivity contribution in [2.24, 2.45) is 0 Å². The highest BCUT2D eigenvalue weighted by Crippen LogP contribution is 2.21. The van der Waals surface area contributed by atoms with Crippen molar-refractivity contribution < 1.29 is 9.15 Å². The van der Waals surface area contributed by atoms with Gasteiger partial charge in [0.05, 0.1) is 13.2 Å². The number of benzene rings is 1. The minimum atomic E-state index is 0.566. The first-order valence-electron chi connectivity index (χ1n) is 6.70. The third kappa shape index (κ3) is 2.87. The molecule has 3 rings (SSSR count). The Morgan fingerprint density at radius 2 is 2.19 bits per heavy atom. The predicted octanol–water partition coefficient (Wildman–Crippen LogP) is 1.70. The molecule has 3 aromatic rings. The van der Waals surface area contributed by atoms with Crippen LogP contribution in [0, 0.1) is 0 Å². The second-order valence-electron chi connectivity index (χ2n) is 4.75. The van der Waals surface area contributed by atoms with Crippen LogP contribution in [0.2, 0.25) is 0 Å². The van der Waals surface area contributed by atoms with Crippen LogP contribution in [-0.4, -0.2) is 40.5 Å². The van der Waals surface area contributed by atoms with Gasteiger partial charge < -0.3 is 18.6 Å². The molecule has 2 aromatic heterocycles. The topological polar surface area (TPSA) is 69.2 Å². The maximum absolute atomic E-state index is 5.73. The molecule has 7 heteroatoms. The van der Waals surface area contributed by atoms with Crippen LogP contribution in [0.15, 0.2) is 35.0 Å². The number of rotatable bonds is 6. The van der Waals surface area contributed by atoms with Crippen molar-refractivity contribution in [3.8, 4) is 0 Å². The summed E-state index contributed by atoms with van der Waals surface area (Å²) < 4.78 is 12.8. The average molecular weight is 287 g/mol. The summed E-state index contributed by atoms with van der Waals surface area (Å²) >= 11 is 0. The molecular formula is C14H17N5O2. The van der Waals surface area contributed by atoms with Crippen molar-refractivity contribution in [1.82, 2.24) is 19.7 Å². The van der Waals surface area contributed by atoms with Crippen LogP contribution < -0.4 is 4.90 Å². The molecule has 0 saturated carbocycles. The molecule has 0 N–H and O–H groups in total. The molecule has 0 aliphatic carbocycles. The van der Waals surface area contributed by atoms with Crippen molar-refractivity contribution in [2.75, 3.05) is 25.7 Å². The van der Waals surface area contributed by atoms with Gasteiger partial charge in [-0.25, -0.2) is 0 Å². The Kier molecular flexibility index (Phi) is 3.83. The Bertz CT molecular complexity index is 688. The highest BCUT2D eigenvalue weighted by atomic mass is 16.5. The van der Waals surface area contributed by atoms with Crippen LogP contribution in [0.25, 0.3) is 11.1 Å². The van der Waals surface area contributed by atoms with Gasteiger partial charge in [0, 0.05) is 20.7 Å². The van der Waals surface area contributed by atoms with E-state index in [2.05, 4.69) is 15.2 Å². The molecule has 2 heterocycles. The quantitative estimate of drug-likeness (QED) is 0.687. The van der Waals surface area contributed by atoms with Crippen molar-refractivity contribution in [3.05, 3.63) is 36.4 Å². The second kappa shape index (κ2) is 5.92. The average Bonchev–Trinajstić information content (AvgIpc) is 3.11. The maximum atomic E-state index is 5.73. The summed E-state index contributed by atoms with van der Waals surface area (Å²) in [6.07, 6.45) is 1.70. The molecule has 0 bridgehead atoms. The van der Waals surface area contributed by atoms with Gasteiger partial charge in [0.25, 0.3) is 6.01 Å². The fourth-order valence-electron chi connectivity index (χ4n) is 2.08. The lowest BCUT2D eigenvalue weighted by atomic mass is 10.3. The number of aromatic nitrogens is 4. The smallest absolute Gasteiger partial charge is 0.298 e. The van der Waals surface area contributed by atoms with Gasteiger partial charge in [-0.3, -0.25) is 0 Å². The van der Waals surface area contributed by atoms with E-state index in [1.807, 2.05) is 40.8 Å². The van der Waals surface area contributed by atoms with E-state index in [-0.39, 0.29) is 0 Å². The summed E-state index contributed by atoms with van der Waals surface area (Å²) in [5.41, 5.74) is 1.63. The molecule has 0 fully saturated rings. The number of anilines is 1. The van der Waals surface area contributed by atoms with Crippen LogP contribution in [0.3, 0.4) is 0 Å². The third-order valence-electron chi connectivity index (χ3n) is 3.22. The first-order chi connectivity index (χ1) is 10.3. The molecular weight excluding hydrogens is 270 g/mol. The monoisotopic (exact) mass is 287 g/mol. The van der Waals surface area contributed by atoms with E-state index >= 15 is 0 Å². The van der Waals surface area contributed by atoms with Crippen molar-refractivity contribution >= 4 is 17.1 Å². The van der Waals surface area contributed by atoms with Crippen molar-refractivity contribution in [2.45, 2.75) is 13.1 Å². The van der Waals surface area contributed by atoms with Gasteiger partial charge in [-0.15, -0.1) is 10.2 Å². The predicted molar refractivity (Wildman–Crippen MR) is 78.0 cm³/mol. The SMILES string of the molecule is COCCn1cnnc1CN(C)c1nc2ccccc2o1. The van der Waals surface area contributed by atoms with Crippen molar-refractivity contribution in [3.63, 3.8) is 0 Å². The Morgan fingerprint density at radius 1 is 1.33 bits per heavy atom. The lowest BCUT2D eigenvalue weighted by molar-refractivity contribution is 0.186. The van der Waals surface area contributed by atoms with Gasteiger partial charge in [-0.1, -0.05) is 12.1 Å². The molecule has 0 amide bonds. The van der Waals surface area contributed by atoms with E-state index < -0.39 is 0 Å². The van der Waals surface area contributed by atoms with E-state index in [0.29, 0.717) is 19.2 Å². The summed E-state index contributed by atoms with van der Waals surface area (Å²) in [7, 11) is 3.59. The minimum Gasteiger partial charge on any atom is -0.423 e. The number of methoxy groups -OCH3 is 1. The fraction of sp³-hybridized carbons (Fsp3) is 0.357. The Labute approximate surface area is 122 Å². The zero-order valence-electron chi connectivity index (χ0n) is 12.1. The summed E-state index contributed by atoms with van der Waals surface area (Å²) in [6.45, 7) is 1.91. The number of fused-ring (bicyclic) bond motifs is 1. The fourth-order valence-corrected chi connectivity index (χ4v) is 2.08. The summed E-state index contributed by atoms with van der Waals surface area (Å²) in [5, 5.41) is 8.08. The largest absolute Gasteiger partial charge is 0.423 e. The van der Waals surface area contributed by atoms with Crippen LogP contribution in [0.5, 0.6) is 0 Å². The van der Waals surface area contributed by atoms with E-state index in [4.69, 9.17) is 9.15 Å². The summed E-state index contributed by atoms with van der Waals surface area (Å²) in [5.74, 6) is 0.844. The molecule has 0 atom stereocenters. The maximum Gasteiger partial charge on any atom is 0.298 e. The van der Waals surface area contributed by atoms with E-state index in [9.17, 15) is 0 Å². The van der Waals surface area contributed by atoms with Crippen LogP contribution in [0.1, 0.15) is 5.82 Å². The summed E-state index contributed by atoms with van der Waals surface area (Å²) in [4.78, 5) is 6.37. The molecule has 110 valence electrons. The van der Waals surface area contributed by atoms with Gasteiger partial charge >= 0.3 is 0 Å². The number of ether oxygens (including phenoxy) is 1. The lowest BCUT2D eigenvalue weighted by Gasteiger charge is -2.14. The minimum absolute atomic E-state index is 0.566. The zero-order valence-corrected chi connectivity index (χ0v) is 12.1. The Morgan fingerprint density at radius 3 is 3.00 bits per heavy atom. The Hall–Kier alpha value is -2.41. The number of oxazole rings is 1. The number of hydrogen-bond donors (Lipinski definition) is 0. The first kappa shape index (κ1) is 13.6. The molecule has 0 aliphatic heterocycles. The van der Waals surface area contributed by atoms with Gasteiger partial charge in [0.1, 0.15) is 11.8 Å². The Balaban J connectivity index is 1.76. The third-order valence-corrected chi connectivity index (χ3v) is 3.22. The van der Waals surface area contributed by atoms with Crippen LogP contribution in [-0.2, 0) is 17.8 Å². The van der Waals surface area contributed by atoms with E-state index in [0.717, 1.165) is 23.5 Å². The second-order valence-corrected chi connectivity index (χ2v) is 4.75. The molecule has 7 nitrogen and oxygen atoms in total. The molecule has 21 heavy (non-hydrogen) atoms. The van der Waals surface area contributed by atoms with Gasteiger partial charge in [0.2, 0.25) is 0 Å². The molecule has 0 spiro atoms. The van der Waals surface area contributed by atoms with E-state index in [1.165, 1.54) is 0 Å². The normalized spacial score (nSPS) is 11.1. The number of hydrogen-bond acceptors (Lipinski definition) is 6. The standard InChI is InChI=1S/C14H17N5O2/c1-18(9-13-17-15-10-19(13)7-8-20-2)14-16-11-5-3-4-6-12(11)21-14/h3-6,10H,7-9H2,1-2H3. The molecule has 0 radical (unpaired) electrons. The van der Waals surface area contributed by atoms with Crippen molar-refractivity contribution in [1.29, 1.82) is 0 Å². The highest BCUT2D eigenvalue weighted by molar-refractivity contribution is 5.74. The summed E-state index contributed by atoms with van der Waals surface area (Å²) in [6, 6.07) is 8.27. The first-order valence-corrected chi connectivity index (χ1v) is 6.70. The van der Waals surface area contributed by atoms with Crippen LogP contribution >= 0.6 is 0 Å². The molecule has 0 aliphatic rings. The van der Waals surface area contributed by atoms with Crippen LogP contribution in [0.4, 0.5) is 6.01 Å². The highest BCUT2D eigenvalue weighted by Gasteiger charge is 2.13. The van der Waals surface area contributed by atoms with Gasteiger partial charge in [-0.2, -0.15) is 4.98 Å². The molecule has 0 unspecified atom stereocenters. The lowest BCUT2D eigenvalue weighted by Crippen LogP contribution is -2.20. The zero-order chi connectivity index (χ0) is 14.7. The number of para-hydroxylation sites is 2. The van der Waals surface area contributed by atoms with Gasteiger partial charge in [0.15, 0.2) is 11.4 Å². The number of nitrogens with zero attached hydrogens (tertiary/aromatic N) is 5. The van der Waals surface area contributed by atoms with Gasteiger partial charge in [-0.05, 0) is 12.1 Å². The van der Waals surface area contributed by atoms with E-state index in [1.54, 1.807) is 13.4 Å².